The lowest BCUT2D eigenvalue weighted by molar-refractivity contribution is 0.632. The fourth-order valence-electron chi connectivity index (χ4n) is 1.51. The van der Waals surface area contributed by atoms with E-state index in [9.17, 15) is 5.73 Å². The van der Waals surface area contributed by atoms with Crippen molar-refractivity contribution in [3.63, 3.8) is 0 Å². The first-order chi connectivity index (χ1) is 6.34. The summed E-state index contributed by atoms with van der Waals surface area (Å²) in [6.07, 6.45) is 9.19. The number of unbranched alkanes of at least 4 members (excludes halogenated alkanes) is 4. The van der Waals surface area contributed by atoms with Gasteiger partial charge in [0.1, 0.15) is 0 Å². The number of nitrogens with zero attached hydrogens (tertiary/aromatic N) is 1. The van der Waals surface area contributed by atoms with E-state index in [2.05, 4.69) is 11.9 Å². The van der Waals surface area contributed by atoms with Crippen LogP contribution in [-0.2, 0) is 6.42 Å². The van der Waals surface area contributed by atoms with Gasteiger partial charge in [0.2, 0.25) is 0 Å². The van der Waals surface area contributed by atoms with Crippen LogP contribution in [-0.4, -0.2) is 4.98 Å². The molecule has 0 saturated carbocycles. The Bertz CT molecular complexity index is 228. The van der Waals surface area contributed by atoms with Gasteiger partial charge in [-0.2, -0.15) is 0 Å². The van der Waals surface area contributed by atoms with Crippen molar-refractivity contribution in [2.45, 2.75) is 45.4 Å². The van der Waals surface area contributed by atoms with E-state index in [0.29, 0.717) is 5.82 Å². The minimum Gasteiger partial charge on any atom is -0.345 e. The normalized spacial score (nSPS) is 10.5. The van der Waals surface area contributed by atoms with Crippen LogP contribution >= 0.6 is 0 Å². The molecule has 2 heteroatoms. The van der Waals surface area contributed by atoms with Crippen molar-refractivity contribution in [3.05, 3.63) is 17.8 Å². The van der Waals surface area contributed by atoms with Gasteiger partial charge in [0.25, 0.3) is 0 Å². The summed E-state index contributed by atoms with van der Waals surface area (Å²) >= 11 is 0. The van der Waals surface area contributed by atoms with E-state index in [1.165, 1.54) is 32.1 Å². The van der Waals surface area contributed by atoms with Gasteiger partial charge in [0, 0.05) is 6.20 Å². The highest BCUT2D eigenvalue weighted by atomic mass is 14.8. The van der Waals surface area contributed by atoms with Crippen molar-refractivity contribution >= 4 is 5.82 Å². The predicted molar refractivity (Wildman–Crippen MR) is 55.0 cm³/mol. The summed E-state index contributed by atoms with van der Waals surface area (Å²) in [4.78, 5) is 2.78. The van der Waals surface area contributed by atoms with Crippen LogP contribution in [0.3, 0.4) is 0 Å². The summed E-state index contributed by atoms with van der Waals surface area (Å²) in [5.74, 6) is 0.343. The van der Waals surface area contributed by atoms with Crippen LogP contribution in [0.15, 0.2) is 12.3 Å². The second kappa shape index (κ2) is 5.68. The van der Waals surface area contributed by atoms with Crippen LogP contribution in [0.2, 0.25) is 0 Å². The Kier molecular flexibility index (Phi) is 4.44. The molecule has 72 valence electrons. The maximum atomic E-state index is 9.30. The second-order valence-corrected chi connectivity index (χ2v) is 3.52. The number of hydrogen-bond acceptors (Lipinski definition) is 0. The molecule has 2 radical (unpaired) electrons. The van der Waals surface area contributed by atoms with Gasteiger partial charge in [-0.05, 0) is 24.5 Å². The first-order valence-electron chi connectivity index (χ1n) is 5.19. The third-order valence-electron chi connectivity index (χ3n) is 2.36. The molecule has 0 fully saturated rings. The molecule has 0 spiro atoms. The Labute approximate surface area is 80.5 Å². The topological polar surface area (TPSA) is 38.1 Å². The van der Waals surface area contributed by atoms with Crippen LogP contribution in [0.5, 0.6) is 0 Å². The molecule has 0 aliphatic heterocycles. The van der Waals surface area contributed by atoms with E-state index in [4.69, 9.17) is 0 Å². The van der Waals surface area contributed by atoms with Crippen LogP contribution in [0.4, 0.5) is 5.82 Å². The maximum absolute atomic E-state index is 9.30. The molecule has 0 saturated heterocycles. The lowest BCUT2D eigenvalue weighted by Gasteiger charge is -1.98. The van der Waals surface area contributed by atoms with E-state index >= 15 is 0 Å². The summed E-state index contributed by atoms with van der Waals surface area (Å²) in [7, 11) is 0. The molecule has 1 heterocycles. The highest BCUT2D eigenvalue weighted by Crippen LogP contribution is 2.14. The van der Waals surface area contributed by atoms with Gasteiger partial charge in [-0.1, -0.05) is 32.6 Å². The highest BCUT2D eigenvalue weighted by molar-refractivity contribution is 5.35. The van der Waals surface area contributed by atoms with E-state index in [1.807, 2.05) is 6.07 Å². The molecule has 1 aromatic heterocycles. The van der Waals surface area contributed by atoms with Crippen molar-refractivity contribution in [2.75, 3.05) is 0 Å². The van der Waals surface area contributed by atoms with Crippen LogP contribution < -0.4 is 5.73 Å². The molecule has 0 atom stereocenters. The van der Waals surface area contributed by atoms with Crippen molar-refractivity contribution in [2.24, 2.45) is 0 Å². The summed E-state index contributed by atoms with van der Waals surface area (Å²) < 4.78 is 0. The number of aromatic nitrogens is 1. The van der Waals surface area contributed by atoms with Crippen molar-refractivity contribution in [3.8, 4) is 0 Å². The highest BCUT2D eigenvalue weighted by Gasteiger charge is 2.00. The quantitative estimate of drug-likeness (QED) is 0.649. The third-order valence-corrected chi connectivity index (χ3v) is 2.36. The molecule has 0 aromatic carbocycles. The average molecular weight is 178 g/mol. The standard InChI is InChI=1S/C11H18N2/c1-2-3-4-5-6-7-10-8-9-13-11(10)12/h8-9,13H,2-7H2,1H3. The zero-order valence-corrected chi connectivity index (χ0v) is 8.34. The third kappa shape index (κ3) is 3.53. The SMILES string of the molecule is CCCCCCCc1cc[nH]c1[N]. The Morgan fingerprint density at radius 2 is 2.00 bits per heavy atom. The van der Waals surface area contributed by atoms with E-state index < -0.39 is 0 Å². The Morgan fingerprint density at radius 3 is 2.62 bits per heavy atom. The van der Waals surface area contributed by atoms with E-state index in [0.717, 1.165) is 12.0 Å². The molecular formula is C11H18N2. The van der Waals surface area contributed by atoms with Gasteiger partial charge >= 0.3 is 0 Å². The van der Waals surface area contributed by atoms with Crippen molar-refractivity contribution in [1.29, 1.82) is 0 Å². The number of aromatic amines is 1. The van der Waals surface area contributed by atoms with Gasteiger partial charge in [-0.3, -0.25) is 0 Å². The summed E-state index contributed by atoms with van der Waals surface area (Å²) in [6.45, 7) is 2.22. The number of hydrogen-bond donors (Lipinski definition) is 1. The number of H-pyrrole nitrogens is 1. The second-order valence-electron chi connectivity index (χ2n) is 3.52. The minimum absolute atomic E-state index is 0.343. The Balaban J connectivity index is 2.10. The zero-order chi connectivity index (χ0) is 9.52. The zero-order valence-electron chi connectivity index (χ0n) is 8.34. The van der Waals surface area contributed by atoms with Gasteiger partial charge < -0.3 is 4.98 Å². The lowest BCUT2D eigenvalue weighted by Crippen LogP contribution is -1.85. The number of aryl methyl sites for hydroxylation is 1. The predicted octanol–water partition coefficient (Wildman–Crippen LogP) is 3.23. The molecule has 1 N–H and O–H groups in total. The molecule has 1 aromatic rings. The smallest absolute Gasteiger partial charge is 0.155 e. The monoisotopic (exact) mass is 178 g/mol. The fourth-order valence-corrected chi connectivity index (χ4v) is 1.51. The molecule has 0 aliphatic rings. The average Bonchev–Trinajstić information content (AvgIpc) is 2.52. The van der Waals surface area contributed by atoms with Gasteiger partial charge in [-0.15, -0.1) is 5.73 Å². The fraction of sp³-hybridized carbons (Fsp3) is 0.636. The summed E-state index contributed by atoms with van der Waals surface area (Å²) in [5, 5.41) is 0. The number of nitrogens with one attached hydrogen (secondary N) is 1. The molecule has 0 bridgehead atoms. The van der Waals surface area contributed by atoms with Crippen molar-refractivity contribution in [1.82, 2.24) is 10.7 Å². The molecule has 0 amide bonds. The Morgan fingerprint density at radius 1 is 1.23 bits per heavy atom. The van der Waals surface area contributed by atoms with Gasteiger partial charge in [-0.25, -0.2) is 0 Å². The lowest BCUT2D eigenvalue weighted by atomic mass is 10.1. The molecule has 0 unspecified atom stereocenters. The first kappa shape index (κ1) is 10.2. The van der Waals surface area contributed by atoms with Gasteiger partial charge in [0.15, 0.2) is 5.82 Å². The molecule has 0 aliphatic carbocycles. The molecule has 2 nitrogen and oxygen atoms in total. The van der Waals surface area contributed by atoms with E-state index in [-0.39, 0.29) is 0 Å². The largest absolute Gasteiger partial charge is 0.345 e. The maximum Gasteiger partial charge on any atom is 0.155 e. The Hall–Kier alpha value is -0.920. The van der Waals surface area contributed by atoms with Crippen molar-refractivity contribution < 1.29 is 0 Å². The number of rotatable bonds is 6. The molecular weight excluding hydrogens is 160 g/mol. The summed E-state index contributed by atoms with van der Waals surface area (Å²) in [6, 6.07) is 1.95. The van der Waals surface area contributed by atoms with Crippen LogP contribution in [0, 0.1) is 0 Å². The van der Waals surface area contributed by atoms with Crippen LogP contribution in [0.25, 0.3) is 0 Å². The molecule has 13 heavy (non-hydrogen) atoms. The first-order valence-corrected chi connectivity index (χ1v) is 5.19. The minimum atomic E-state index is 0.343. The summed E-state index contributed by atoms with van der Waals surface area (Å²) in [5.41, 5.74) is 10.3. The van der Waals surface area contributed by atoms with Gasteiger partial charge in [0.05, 0.1) is 0 Å². The molecule has 1 rings (SSSR count). The van der Waals surface area contributed by atoms with E-state index in [1.54, 1.807) is 6.20 Å². The van der Waals surface area contributed by atoms with Crippen LogP contribution in [0.1, 0.15) is 44.6 Å².